The highest BCUT2D eigenvalue weighted by Crippen LogP contribution is 2.32. The molecule has 0 heterocycles. The van der Waals surface area contributed by atoms with Crippen molar-refractivity contribution in [3.05, 3.63) is 62.6 Å². The van der Waals surface area contributed by atoms with Gasteiger partial charge in [-0.3, -0.25) is 0 Å². The standard InChI is InChI=1S/C15H14BrClO2/c1-9-11(4-3-5-12(9)16)15(18)10-6-7-14(19-2)13(17)8-10/h3-8,15,18H,1-2H3. The maximum absolute atomic E-state index is 10.5. The third-order valence-electron chi connectivity index (χ3n) is 3.10. The minimum Gasteiger partial charge on any atom is -0.495 e. The van der Waals surface area contributed by atoms with Crippen LogP contribution in [-0.2, 0) is 0 Å². The fraction of sp³-hybridized carbons (Fsp3) is 0.200. The van der Waals surface area contributed by atoms with Gasteiger partial charge in [0.15, 0.2) is 0 Å². The summed E-state index contributed by atoms with van der Waals surface area (Å²) in [5.41, 5.74) is 2.62. The molecule has 0 radical (unpaired) electrons. The third-order valence-corrected chi connectivity index (χ3v) is 4.25. The monoisotopic (exact) mass is 340 g/mol. The summed E-state index contributed by atoms with van der Waals surface area (Å²) in [7, 11) is 1.57. The van der Waals surface area contributed by atoms with Crippen LogP contribution in [0, 0.1) is 6.92 Å². The molecule has 0 aliphatic rings. The molecule has 0 saturated carbocycles. The Bertz CT molecular complexity index is 599. The molecule has 1 atom stereocenters. The summed E-state index contributed by atoms with van der Waals surface area (Å²) in [6, 6.07) is 11.1. The number of rotatable bonds is 3. The van der Waals surface area contributed by atoms with Crippen LogP contribution in [0.15, 0.2) is 40.9 Å². The van der Waals surface area contributed by atoms with Crippen LogP contribution >= 0.6 is 27.5 Å². The summed E-state index contributed by atoms with van der Waals surface area (Å²) in [6.07, 6.45) is -0.707. The number of hydrogen-bond acceptors (Lipinski definition) is 2. The van der Waals surface area contributed by atoms with E-state index in [9.17, 15) is 5.11 Å². The van der Waals surface area contributed by atoms with Crippen molar-refractivity contribution < 1.29 is 9.84 Å². The zero-order valence-electron chi connectivity index (χ0n) is 10.7. The first-order valence-electron chi connectivity index (χ1n) is 5.81. The van der Waals surface area contributed by atoms with Crippen LogP contribution in [0.1, 0.15) is 22.8 Å². The Labute approximate surface area is 126 Å². The van der Waals surface area contributed by atoms with E-state index in [4.69, 9.17) is 16.3 Å². The fourth-order valence-electron chi connectivity index (χ4n) is 1.95. The number of aliphatic hydroxyl groups excluding tert-OH is 1. The van der Waals surface area contributed by atoms with Crippen molar-refractivity contribution >= 4 is 27.5 Å². The second kappa shape index (κ2) is 5.95. The number of benzene rings is 2. The van der Waals surface area contributed by atoms with E-state index < -0.39 is 6.10 Å². The average molecular weight is 342 g/mol. The molecule has 0 aliphatic carbocycles. The average Bonchev–Trinajstić information content (AvgIpc) is 2.41. The summed E-state index contributed by atoms with van der Waals surface area (Å²) >= 11 is 9.55. The molecule has 100 valence electrons. The summed E-state index contributed by atoms with van der Waals surface area (Å²) in [4.78, 5) is 0. The Morgan fingerprint density at radius 1 is 1.26 bits per heavy atom. The van der Waals surface area contributed by atoms with Crippen LogP contribution < -0.4 is 4.74 Å². The second-order valence-electron chi connectivity index (χ2n) is 4.25. The highest BCUT2D eigenvalue weighted by atomic mass is 79.9. The third kappa shape index (κ3) is 2.94. The molecule has 0 aromatic heterocycles. The minimum atomic E-state index is -0.707. The Kier molecular flexibility index (Phi) is 4.50. The van der Waals surface area contributed by atoms with E-state index in [1.807, 2.05) is 31.2 Å². The number of methoxy groups -OCH3 is 1. The Balaban J connectivity index is 2.41. The van der Waals surface area contributed by atoms with Crippen molar-refractivity contribution in [2.45, 2.75) is 13.0 Å². The Morgan fingerprint density at radius 3 is 2.63 bits per heavy atom. The lowest BCUT2D eigenvalue weighted by molar-refractivity contribution is 0.219. The van der Waals surface area contributed by atoms with Crippen LogP contribution in [-0.4, -0.2) is 12.2 Å². The van der Waals surface area contributed by atoms with Crippen LogP contribution in [0.25, 0.3) is 0 Å². The lowest BCUT2D eigenvalue weighted by Gasteiger charge is -2.16. The van der Waals surface area contributed by atoms with Crippen molar-refractivity contribution in [1.29, 1.82) is 0 Å². The van der Waals surface area contributed by atoms with E-state index in [-0.39, 0.29) is 0 Å². The second-order valence-corrected chi connectivity index (χ2v) is 5.51. The first kappa shape index (κ1) is 14.4. The number of halogens is 2. The van der Waals surface area contributed by atoms with Gasteiger partial charge in [-0.25, -0.2) is 0 Å². The van der Waals surface area contributed by atoms with E-state index >= 15 is 0 Å². The highest BCUT2D eigenvalue weighted by Gasteiger charge is 2.15. The fourth-order valence-corrected chi connectivity index (χ4v) is 2.60. The highest BCUT2D eigenvalue weighted by molar-refractivity contribution is 9.10. The summed E-state index contributed by atoms with van der Waals surface area (Å²) < 4.78 is 6.08. The van der Waals surface area contributed by atoms with Crippen LogP contribution in [0.2, 0.25) is 5.02 Å². The maximum Gasteiger partial charge on any atom is 0.137 e. The topological polar surface area (TPSA) is 29.5 Å². The zero-order chi connectivity index (χ0) is 14.0. The molecule has 2 nitrogen and oxygen atoms in total. The van der Waals surface area contributed by atoms with E-state index in [2.05, 4.69) is 15.9 Å². The van der Waals surface area contributed by atoms with Gasteiger partial charge in [-0.2, -0.15) is 0 Å². The number of ether oxygens (including phenoxy) is 1. The number of hydrogen-bond donors (Lipinski definition) is 1. The Hall–Kier alpha value is -1.03. The summed E-state index contributed by atoms with van der Waals surface area (Å²) in [5.74, 6) is 0.601. The SMILES string of the molecule is COc1ccc(C(O)c2cccc(Br)c2C)cc1Cl. The summed E-state index contributed by atoms with van der Waals surface area (Å²) in [6.45, 7) is 1.97. The predicted octanol–water partition coefficient (Wildman–Crippen LogP) is 4.50. The lowest BCUT2D eigenvalue weighted by Crippen LogP contribution is -2.02. The lowest BCUT2D eigenvalue weighted by atomic mass is 9.97. The minimum absolute atomic E-state index is 0.492. The molecule has 19 heavy (non-hydrogen) atoms. The van der Waals surface area contributed by atoms with Crippen molar-refractivity contribution in [1.82, 2.24) is 0 Å². The van der Waals surface area contributed by atoms with Gasteiger partial charge in [-0.15, -0.1) is 0 Å². The van der Waals surface area contributed by atoms with Crippen molar-refractivity contribution in [2.24, 2.45) is 0 Å². The van der Waals surface area contributed by atoms with E-state index in [1.54, 1.807) is 19.2 Å². The van der Waals surface area contributed by atoms with E-state index in [0.717, 1.165) is 21.2 Å². The van der Waals surface area contributed by atoms with Crippen molar-refractivity contribution in [3.63, 3.8) is 0 Å². The van der Waals surface area contributed by atoms with Gasteiger partial charge in [0, 0.05) is 4.47 Å². The summed E-state index contributed by atoms with van der Waals surface area (Å²) in [5, 5.41) is 11.0. The molecule has 0 aliphatic heterocycles. The number of aliphatic hydroxyl groups is 1. The normalized spacial score (nSPS) is 12.3. The molecule has 0 spiro atoms. The maximum atomic E-state index is 10.5. The van der Waals surface area contributed by atoms with Crippen LogP contribution in [0.5, 0.6) is 5.75 Å². The quantitative estimate of drug-likeness (QED) is 0.890. The molecule has 1 N–H and O–H groups in total. The molecule has 0 saturated heterocycles. The molecular formula is C15H14BrClO2. The van der Waals surface area contributed by atoms with Gasteiger partial charge in [-0.1, -0.05) is 45.7 Å². The zero-order valence-corrected chi connectivity index (χ0v) is 13.0. The molecule has 1 unspecified atom stereocenters. The van der Waals surface area contributed by atoms with E-state index in [1.165, 1.54) is 0 Å². The van der Waals surface area contributed by atoms with Gasteiger partial charge in [0.25, 0.3) is 0 Å². The first-order chi connectivity index (χ1) is 9.04. The molecule has 0 amide bonds. The van der Waals surface area contributed by atoms with Gasteiger partial charge in [0.05, 0.1) is 12.1 Å². The largest absolute Gasteiger partial charge is 0.495 e. The van der Waals surface area contributed by atoms with Gasteiger partial charge < -0.3 is 9.84 Å². The Morgan fingerprint density at radius 2 is 2.00 bits per heavy atom. The molecule has 2 aromatic rings. The van der Waals surface area contributed by atoms with Gasteiger partial charge >= 0.3 is 0 Å². The molecular weight excluding hydrogens is 328 g/mol. The van der Waals surface area contributed by atoms with Gasteiger partial charge in [0.2, 0.25) is 0 Å². The van der Waals surface area contributed by atoms with Crippen molar-refractivity contribution in [3.8, 4) is 5.75 Å². The van der Waals surface area contributed by atoms with Crippen LogP contribution in [0.4, 0.5) is 0 Å². The molecule has 2 rings (SSSR count). The van der Waals surface area contributed by atoms with Gasteiger partial charge in [0.1, 0.15) is 11.9 Å². The predicted molar refractivity (Wildman–Crippen MR) is 80.9 cm³/mol. The van der Waals surface area contributed by atoms with Crippen molar-refractivity contribution in [2.75, 3.05) is 7.11 Å². The molecule has 4 heteroatoms. The van der Waals surface area contributed by atoms with E-state index in [0.29, 0.717) is 10.8 Å². The van der Waals surface area contributed by atoms with Crippen LogP contribution in [0.3, 0.4) is 0 Å². The molecule has 0 fully saturated rings. The smallest absolute Gasteiger partial charge is 0.137 e. The van der Waals surface area contributed by atoms with Gasteiger partial charge in [-0.05, 0) is 41.8 Å². The first-order valence-corrected chi connectivity index (χ1v) is 6.98. The molecule has 2 aromatic carbocycles. The molecule has 0 bridgehead atoms.